The summed E-state index contributed by atoms with van der Waals surface area (Å²) >= 11 is 0. The number of carbonyl (C=O) groups excluding carboxylic acids is 1. The van der Waals surface area contributed by atoms with Crippen LogP contribution in [0.2, 0.25) is 0 Å². The maximum absolute atomic E-state index is 13.4. The molecule has 0 radical (unpaired) electrons. The van der Waals surface area contributed by atoms with Gasteiger partial charge in [0.15, 0.2) is 11.6 Å². The van der Waals surface area contributed by atoms with Gasteiger partial charge in [-0.3, -0.25) is 4.79 Å². The van der Waals surface area contributed by atoms with Gasteiger partial charge in [0.25, 0.3) is 0 Å². The van der Waals surface area contributed by atoms with Gasteiger partial charge in [-0.2, -0.15) is 8.78 Å². The topological polar surface area (TPSA) is 90.4 Å². The first kappa shape index (κ1) is 15.9. The second-order valence-corrected chi connectivity index (χ2v) is 4.90. The summed E-state index contributed by atoms with van der Waals surface area (Å²) in [5, 5.41) is 2.84. The van der Waals surface area contributed by atoms with Crippen molar-refractivity contribution in [1.29, 1.82) is 0 Å². The number of hydrogen-bond donors (Lipinski definition) is 3. The third kappa shape index (κ3) is 4.52. The molecule has 0 aliphatic carbocycles. The van der Waals surface area contributed by atoms with Crippen molar-refractivity contribution in [1.82, 2.24) is 0 Å². The van der Waals surface area contributed by atoms with Crippen molar-refractivity contribution in [2.45, 2.75) is 32.4 Å². The predicted octanol–water partition coefficient (Wildman–Crippen LogP) is 2.08. The maximum atomic E-state index is 13.4. The van der Waals surface area contributed by atoms with Crippen molar-refractivity contribution in [3.8, 4) is 5.75 Å². The molecule has 0 saturated carbocycles. The van der Waals surface area contributed by atoms with E-state index in [0.717, 1.165) is 12.1 Å². The normalized spacial score (nSPS) is 11.5. The number of anilines is 2. The molecule has 0 atom stereocenters. The maximum Gasteiger partial charge on any atom is 0.387 e. The molecule has 1 aromatic carbocycles. The molecule has 0 aliphatic heterocycles. The molecule has 0 unspecified atom stereocenters. The lowest BCUT2D eigenvalue weighted by Gasteiger charge is -2.27. The molecule has 0 bridgehead atoms. The summed E-state index contributed by atoms with van der Waals surface area (Å²) in [4.78, 5) is 10.9. The fraction of sp³-hybridized carbons (Fsp3) is 0.417. The minimum Gasteiger partial charge on any atom is -0.432 e. The van der Waals surface area contributed by atoms with E-state index in [2.05, 4.69) is 10.1 Å². The molecular formula is C12H16F3N3O2. The number of hydrogen-bond acceptors (Lipinski definition) is 4. The first-order chi connectivity index (χ1) is 9.10. The van der Waals surface area contributed by atoms with Crippen LogP contribution >= 0.6 is 0 Å². The van der Waals surface area contributed by atoms with Gasteiger partial charge in [-0.15, -0.1) is 0 Å². The van der Waals surface area contributed by atoms with Crippen molar-refractivity contribution in [3.05, 3.63) is 17.9 Å². The van der Waals surface area contributed by atoms with Crippen LogP contribution in [0.15, 0.2) is 12.1 Å². The van der Waals surface area contributed by atoms with Gasteiger partial charge in [-0.1, -0.05) is 0 Å². The fourth-order valence-electron chi connectivity index (χ4n) is 1.71. The van der Waals surface area contributed by atoms with E-state index in [4.69, 9.17) is 11.5 Å². The molecule has 112 valence electrons. The molecule has 5 nitrogen and oxygen atoms in total. The average molecular weight is 291 g/mol. The van der Waals surface area contributed by atoms with E-state index in [1.54, 1.807) is 13.8 Å². The van der Waals surface area contributed by atoms with Crippen molar-refractivity contribution in [3.63, 3.8) is 0 Å². The zero-order valence-corrected chi connectivity index (χ0v) is 11.0. The SMILES string of the molecule is CC(C)(CC(N)=O)Nc1cc(OC(F)F)c(F)cc1N. The van der Waals surface area contributed by atoms with Crippen LogP contribution in [0.5, 0.6) is 5.75 Å². The molecule has 1 aromatic rings. The monoisotopic (exact) mass is 291 g/mol. The Balaban J connectivity index is 3.03. The molecule has 0 aromatic heterocycles. The zero-order chi connectivity index (χ0) is 15.5. The molecule has 1 amide bonds. The van der Waals surface area contributed by atoms with Crippen LogP contribution in [-0.4, -0.2) is 18.1 Å². The van der Waals surface area contributed by atoms with Gasteiger partial charge < -0.3 is 21.5 Å². The Morgan fingerprint density at radius 2 is 2.05 bits per heavy atom. The number of benzene rings is 1. The minimum absolute atomic E-state index is 0.00154. The van der Waals surface area contributed by atoms with Crippen LogP contribution in [0.1, 0.15) is 20.3 Å². The molecular weight excluding hydrogens is 275 g/mol. The summed E-state index contributed by atoms with van der Waals surface area (Å²) in [6.45, 7) is 0.169. The van der Waals surface area contributed by atoms with Crippen LogP contribution < -0.4 is 21.5 Å². The molecule has 0 aliphatic rings. The number of rotatable bonds is 6. The van der Waals surface area contributed by atoms with Crippen LogP contribution in [0.4, 0.5) is 24.5 Å². The van der Waals surface area contributed by atoms with E-state index in [-0.39, 0.29) is 17.8 Å². The van der Waals surface area contributed by atoms with E-state index in [1.807, 2.05) is 0 Å². The first-order valence-electron chi connectivity index (χ1n) is 5.71. The second-order valence-electron chi connectivity index (χ2n) is 4.90. The molecule has 0 heterocycles. The number of halogens is 3. The van der Waals surface area contributed by atoms with Crippen molar-refractivity contribution in [2.75, 3.05) is 11.1 Å². The van der Waals surface area contributed by atoms with Crippen LogP contribution in [0.3, 0.4) is 0 Å². The number of nitrogens with one attached hydrogen (secondary N) is 1. The number of amides is 1. The molecule has 0 fully saturated rings. The Kier molecular flexibility index (Phi) is 4.69. The molecule has 5 N–H and O–H groups in total. The van der Waals surface area contributed by atoms with E-state index in [1.165, 1.54) is 0 Å². The molecule has 1 rings (SSSR count). The third-order valence-electron chi connectivity index (χ3n) is 2.41. The lowest BCUT2D eigenvalue weighted by molar-refractivity contribution is -0.118. The Labute approximate surface area is 114 Å². The van der Waals surface area contributed by atoms with E-state index in [0.29, 0.717) is 0 Å². The number of ether oxygens (including phenoxy) is 1. The van der Waals surface area contributed by atoms with E-state index < -0.39 is 29.6 Å². The van der Waals surface area contributed by atoms with E-state index in [9.17, 15) is 18.0 Å². The number of alkyl halides is 2. The first-order valence-corrected chi connectivity index (χ1v) is 5.71. The Morgan fingerprint density at radius 3 is 2.55 bits per heavy atom. The smallest absolute Gasteiger partial charge is 0.387 e. The Hall–Kier alpha value is -2.12. The predicted molar refractivity (Wildman–Crippen MR) is 69.0 cm³/mol. The largest absolute Gasteiger partial charge is 0.432 e. The van der Waals surface area contributed by atoms with E-state index >= 15 is 0 Å². The highest BCUT2D eigenvalue weighted by Gasteiger charge is 2.22. The number of nitrogen functional groups attached to an aromatic ring is 1. The van der Waals surface area contributed by atoms with Crippen molar-refractivity contribution in [2.24, 2.45) is 5.73 Å². The summed E-state index contributed by atoms with van der Waals surface area (Å²) in [5.74, 6) is -2.18. The molecule has 8 heteroatoms. The Morgan fingerprint density at radius 1 is 1.45 bits per heavy atom. The standard InChI is InChI=1S/C12H16F3N3O2/c1-12(2,5-10(17)19)18-8-4-9(20-11(14)15)6(13)3-7(8)16/h3-4,11,18H,5,16H2,1-2H3,(H2,17,19). The summed E-state index contributed by atoms with van der Waals surface area (Å²) in [7, 11) is 0. The van der Waals surface area contributed by atoms with Crippen LogP contribution in [0.25, 0.3) is 0 Å². The van der Waals surface area contributed by atoms with Gasteiger partial charge in [-0.25, -0.2) is 4.39 Å². The number of carbonyl (C=O) groups is 1. The summed E-state index contributed by atoms with van der Waals surface area (Å²) in [6, 6.07) is 1.87. The molecule has 20 heavy (non-hydrogen) atoms. The van der Waals surface area contributed by atoms with Crippen LogP contribution in [0, 0.1) is 5.82 Å². The van der Waals surface area contributed by atoms with Crippen molar-refractivity contribution < 1.29 is 22.7 Å². The van der Waals surface area contributed by atoms with Gasteiger partial charge >= 0.3 is 6.61 Å². The summed E-state index contributed by atoms with van der Waals surface area (Å²) in [5.41, 5.74) is 10.1. The highest BCUT2D eigenvalue weighted by atomic mass is 19.3. The third-order valence-corrected chi connectivity index (χ3v) is 2.41. The quantitative estimate of drug-likeness (QED) is 0.700. The summed E-state index contributed by atoms with van der Waals surface area (Å²) < 4.78 is 41.7. The number of primary amides is 1. The molecule has 0 saturated heterocycles. The average Bonchev–Trinajstić information content (AvgIpc) is 2.22. The van der Waals surface area contributed by atoms with Crippen LogP contribution in [-0.2, 0) is 4.79 Å². The van der Waals surface area contributed by atoms with Gasteiger partial charge in [0.1, 0.15) is 0 Å². The second kappa shape index (κ2) is 5.89. The summed E-state index contributed by atoms with van der Waals surface area (Å²) in [6.07, 6.45) is -0.0190. The highest BCUT2D eigenvalue weighted by molar-refractivity contribution is 5.77. The van der Waals surface area contributed by atoms with Gasteiger partial charge in [0.05, 0.1) is 11.4 Å². The fourth-order valence-corrected chi connectivity index (χ4v) is 1.71. The lowest BCUT2D eigenvalue weighted by Crippen LogP contribution is -2.36. The van der Waals surface area contributed by atoms with Gasteiger partial charge in [0, 0.05) is 24.1 Å². The number of nitrogens with two attached hydrogens (primary N) is 2. The lowest BCUT2D eigenvalue weighted by atomic mass is 9.99. The van der Waals surface area contributed by atoms with Gasteiger partial charge in [-0.05, 0) is 13.8 Å². The zero-order valence-electron chi connectivity index (χ0n) is 11.0. The molecule has 0 spiro atoms. The van der Waals surface area contributed by atoms with Gasteiger partial charge in [0.2, 0.25) is 5.91 Å². The Bertz CT molecular complexity index is 507. The minimum atomic E-state index is -3.15. The highest BCUT2D eigenvalue weighted by Crippen LogP contribution is 2.31. The van der Waals surface area contributed by atoms with Crippen molar-refractivity contribution >= 4 is 17.3 Å².